The van der Waals surface area contributed by atoms with Crippen molar-refractivity contribution in [2.24, 2.45) is 0 Å². The highest BCUT2D eigenvalue weighted by molar-refractivity contribution is 6.14. The van der Waals surface area contributed by atoms with Crippen molar-refractivity contribution in [1.29, 1.82) is 0 Å². The number of carbonyl (C=O) groups excluding carboxylic acids is 2. The molecule has 0 amide bonds. The van der Waals surface area contributed by atoms with Crippen LogP contribution in [0, 0.1) is 0 Å². The molecule has 0 saturated heterocycles. The van der Waals surface area contributed by atoms with E-state index in [1.54, 1.807) is 0 Å². The van der Waals surface area contributed by atoms with Crippen LogP contribution in [0.5, 0.6) is 0 Å². The molecule has 2 aliphatic carbocycles. The van der Waals surface area contributed by atoms with Crippen LogP contribution in [-0.2, 0) is 9.59 Å². The molecule has 0 spiro atoms. The molecule has 0 unspecified atom stereocenters. The van der Waals surface area contributed by atoms with Crippen molar-refractivity contribution in [1.82, 2.24) is 0 Å². The van der Waals surface area contributed by atoms with E-state index < -0.39 is 0 Å². The van der Waals surface area contributed by atoms with Crippen LogP contribution in [0.15, 0.2) is 36.5 Å². The Labute approximate surface area is 71.3 Å². The fourth-order valence-corrected chi connectivity index (χ4v) is 0.606. The number of carbonyl (C=O) groups is 2. The van der Waals surface area contributed by atoms with Gasteiger partial charge in [0.05, 0.1) is 0 Å². The van der Waals surface area contributed by atoms with Gasteiger partial charge in [-0.2, -0.15) is 0 Å². The zero-order chi connectivity index (χ0) is 8.81. The van der Waals surface area contributed by atoms with Crippen molar-refractivity contribution in [2.45, 2.75) is 12.8 Å². The van der Waals surface area contributed by atoms with Crippen LogP contribution in [-0.4, -0.2) is 11.6 Å². The highest BCUT2D eigenvalue weighted by atomic mass is 16.1. The van der Waals surface area contributed by atoms with E-state index in [9.17, 15) is 9.59 Å². The molecule has 0 aromatic rings. The molecule has 2 rings (SSSR count). The smallest absolute Gasteiger partial charge is 0.178 e. The van der Waals surface area contributed by atoms with Gasteiger partial charge in [0.1, 0.15) is 0 Å². The minimum absolute atomic E-state index is 0.121. The Morgan fingerprint density at radius 1 is 0.750 bits per heavy atom. The van der Waals surface area contributed by atoms with Gasteiger partial charge in [0.15, 0.2) is 11.6 Å². The third kappa shape index (κ3) is 3.10. The summed E-state index contributed by atoms with van der Waals surface area (Å²) in [7, 11) is 0. The van der Waals surface area contributed by atoms with Gasteiger partial charge in [-0.3, -0.25) is 9.59 Å². The lowest BCUT2D eigenvalue weighted by atomic mass is 10.1. The van der Waals surface area contributed by atoms with E-state index in [2.05, 4.69) is 12.2 Å². The Kier molecular flexibility index (Phi) is 3.20. The van der Waals surface area contributed by atoms with E-state index in [-0.39, 0.29) is 11.6 Å². The zero-order valence-corrected chi connectivity index (χ0v) is 6.69. The molecule has 0 saturated carbocycles. The predicted molar refractivity (Wildman–Crippen MR) is 46.7 cm³/mol. The largest absolute Gasteiger partial charge is 0.290 e. The van der Waals surface area contributed by atoms with E-state index in [0.717, 1.165) is 0 Å². The Bertz CT molecular complexity index is 226. The van der Waals surface area contributed by atoms with Gasteiger partial charge in [-0.1, -0.05) is 12.2 Å². The third-order valence-electron chi connectivity index (χ3n) is 1.49. The first kappa shape index (κ1) is 8.65. The van der Waals surface area contributed by atoms with Crippen molar-refractivity contribution in [3.8, 4) is 0 Å². The Morgan fingerprint density at radius 2 is 1.00 bits per heavy atom. The van der Waals surface area contributed by atoms with Gasteiger partial charge in [-0.15, -0.1) is 0 Å². The lowest BCUT2D eigenvalue weighted by Crippen LogP contribution is -1.97. The summed E-state index contributed by atoms with van der Waals surface area (Å²) in [6, 6.07) is 0. The SMILES string of the molecule is C1=CCC1.O=C1C=CC(=O)C=C1. The second kappa shape index (κ2) is 4.44. The van der Waals surface area contributed by atoms with E-state index >= 15 is 0 Å². The lowest BCUT2D eigenvalue weighted by molar-refractivity contribution is -0.113. The molecule has 12 heavy (non-hydrogen) atoms. The van der Waals surface area contributed by atoms with Gasteiger partial charge in [0.2, 0.25) is 0 Å². The number of hydrogen-bond donors (Lipinski definition) is 0. The van der Waals surface area contributed by atoms with Crippen LogP contribution in [0.3, 0.4) is 0 Å². The minimum atomic E-state index is -0.121. The highest BCUT2D eigenvalue weighted by Gasteiger charge is 1.97. The summed E-state index contributed by atoms with van der Waals surface area (Å²) in [6.07, 6.45) is 12.0. The van der Waals surface area contributed by atoms with Crippen LogP contribution < -0.4 is 0 Å². The normalized spacial score (nSPS) is 18.3. The maximum Gasteiger partial charge on any atom is 0.178 e. The lowest BCUT2D eigenvalue weighted by Gasteiger charge is -1.92. The van der Waals surface area contributed by atoms with Crippen LogP contribution in [0.2, 0.25) is 0 Å². The van der Waals surface area contributed by atoms with Crippen molar-refractivity contribution < 1.29 is 9.59 Å². The number of ketones is 2. The standard InChI is InChI=1S/C6H4O2.C4H6/c7-5-1-2-6(8)4-3-5;1-2-4-3-1/h1-4H;1-2H,3-4H2. The van der Waals surface area contributed by atoms with Gasteiger partial charge < -0.3 is 0 Å². The highest BCUT2D eigenvalue weighted by Crippen LogP contribution is 2.01. The number of allylic oxidation sites excluding steroid dienone is 6. The third-order valence-corrected chi connectivity index (χ3v) is 1.49. The molecule has 0 atom stereocenters. The molecular weight excluding hydrogens is 152 g/mol. The molecule has 2 nitrogen and oxygen atoms in total. The fraction of sp³-hybridized carbons (Fsp3) is 0.200. The summed E-state index contributed by atoms with van der Waals surface area (Å²) in [4.78, 5) is 20.6. The van der Waals surface area contributed by atoms with Crippen LogP contribution >= 0.6 is 0 Å². The fourth-order valence-electron chi connectivity index (χ4n) is 0.606. The number of rotatable bonds is 0. The topological polar surface area (TPSA) is 34.1 Å². The summed E-state index contributed by atoms with van der Waals surface area (Å²) >= 11 is 0. The van der Waals surface area contributed by atoms with E-state index in [0.29, 0.717) is 0 Å². The summed E-state index contributed by atoms with van der Waals surface area (Å²) < 4.78 is 0. The van der Waals surface area contributed by atoms with Crippen molar-refractivity contribution in [3.05, 3.63) is 36.5 Å². The van der Waals surface area contributed by atoms with Crippen molar-refractivity contribution >= 4 is 11.6 Å². The monoisotopic (exact) mass is 162 g/mol. The molecule has 0 aliphatic heterocycles. The minimum Gasteiger partial charge on any atom is -0.290 e. The van der Waals surface area contributed by atoms with E-state index in [4.69, 9.17) is 0 Å². The zero-order valence-electron chi connectivity index (χ0n) is 6.69. The molecule has 0 aromatic heterocycles. The Balaban J connectivity index is 0.000000150. The van der Waals surface area contributed by atoms with E-state index in [1.165, 1.54) is 37.1 Å². The molecule has 0 radical (unpaired) electrons. The number of hydrogen-bond acceptors (Lipinski definition) is 2. The summed E-state index contributed by atoms with van der Waals surface area (Å²) in [5.74, 6) is -0.241. The first-order chi connectivity index (χ1) is 5.79. The maximum atomic E-state index is 10.3. The molecule has 2 aliphatic rings. The molecule has 0 aromatic carbocycles. The maximum absolute atomic E-state index is 10.3. The van der Waals surface area contributed by atoms with E-state index in [1.807, 2.05) is 0 Å². The van der Waals surface area contributed by atoms with Crippen molar-refractivity contribution in [3.63, 3.8) is 0 Å². The van der Waals surface area contributed by atoms with Gasteiger partial charge >= 0.3 is 0 Å². The summed E-state index contributed by atoms with van der Waals surface area (Å²) in [5, 5.41) is 0. The molecule has 2 heteroatoms. The summed E-state index contributed by atoms with van der Waals surface area (Å²) in [6.45, 7) is 0. The van der Waals surface area contributed by atoms with Crippen LogP contribution in [0.25, 0.3) is 0 Å². The molecule has 0 heterocycles. The van der Waals surface area contributed by atoms with Crippen molar-refractivity contribution in [2.75, 3.05) is 0 Å². The average molecular weight is 162 g/mol. The molecule has 0 bridgehead atoms. The average Bonchev–Trinajstić information content (AvgIpc) is 1.92. The van der Waals surface area contributed by atoms with Gasteiger partial charge in [-0.25, -0.2) is 0 Å². The molecular formula is C10H10O2. The second-order valence-corrected chi connectivity index (χ2v) is 2.52. The molecule has 62 valence electrons. The van der Waals surface area contributed by atoms with Gasteiger partial charge in [0.25, 0.3) is 0 Å². The molecule has 0 N–H and O–H groups in total. The Hall–Kier alpha value is -1.44. The van der Waals surface area contributed by atoms with Crippen LogP contribution in [0.4, 0.5) is 0 Å². The van der Waals surface area contributed by atoms with Gasteiger partial charge in [0, 0.05) is 0 Å². The van der Waals surface area contributed by atoms with Gasteiger partial charge in [-0.05, 0) is 37.1 Å². The Morgan fingerprint density at radius 3 is 1.17 bits per heavy atom. The quantitative estimate of drug-likeness (QED) is 0.400. The second-order valence-electron chi connectivity index (χ2n) is 2.52. The first-order valence-electron chi connectivity index (χ1n) is 3.88. The first-order valence-corrected chi connectivity index (χ1v) is 3.88. The van der Waals surface area contributed by atoms with Crippen LogP contribution in [0.1, 0.15) is 12.8 Å². The molecule has 0 fully saturated rings. The predicted octanol–water partition coefficient (Wildman–Crippen LogP) is 1.59. The summed E-state index contributed by atoms with van der Waals surface area (Å²) in [5.41, 5.74) is 0.